The van der Waals surface area contributed by atoms with Gasteiger partial charge in [0.2, 0.25) is 5.91 Å². The third-order valence-corrected chi connectivity index (χ3v) is 3.72. The summed E-state index contributed by atoms with van der Waals surface area (Å²) in [6.07, 6.45) is 0. The molecule has 17 heavy (non-hydrogen) atoms. The zero-order chi connectivity index (χ0) is 12.6. The van der Waals surface area contributed by atoms with Crippen LogP contribution in [0.2, 0.25) is 0 Å². The van der Waals surface area contributed by atoms with E-state index in [4.69, 9.17) is 5.73 Å². The first-order chi connectivity index (χ1) is 8.00. The standard InChI is InChI=1S/C11H20N4O2/c1-7(8(2)12)10(16)14-3-4-15-9(6-14)5-13-11(15)17/h7-9H,3-6,12H2,1-2H3,(H,13,17). The fraction of sp³-hybridized carbons (Fsp3) is 0.818. The minimum Gasteiger partial charge on any atom is -0.339 e. The fourth-order valence-electron chi connectivity index (χ4n) is 2.32. The Hall–Kier alpha value is -1.30. The highest BCUT2D eigenvalue weighted by Crippen LogP contribution is 2.16. The molecule has 2 aliphatic heterocycles. The van der Waals surface area contributed by atoms with Crippen LogP contribution >= 0.6 is 0 Å². The first-order valence-corrected chi connectivity index (χ1v) is 6.09. The van der Waals surface area contributed by atoms with E-state index in [0.717, 1.165) is 0 Å². The number of amides is 3. The van der Waals surface area contributed by atoms with E-state index in [-0.39, 0.29) is 29.9 Å². The summed E-state index contributed by atoms with van der Waals surface area (Å²) < 4.78 is 0. The van der Waals surface area contributed by atoms with Crippen LogP contribution in [-0.2, 0) is 4.79 Å². The largest absolute Gasteiger partial charge is 0.339 e. The van der Waals surface area contributed by atoms with E-state index in [9.17, 15) is 9.59 Å². The van der Waals surface area contributed by atoms with Crippen molar-refractivity contribution >= 4 is 11.9 Å². The average Bonchev–Trinajstić information content (AvgIpc) is 2.68. The van der Waals surface area contributed by atoms with Gasteiger partial charge in [0.25, 0.3) is 0 Å². The number of piperazine rings is 1. The molecular weight excluding hydrogens is 220 g/mol. The summed E-state index contributed by atoms with van der Waals surface area (Å²) in [7, 11) is 0. The van der Waals surface area contributed by atoms with Crippen LogP contribution in [0.15, 0.2) is 0 Å². The van der Waals surface area contributed by atoms with Crippen molar-refractivity contribution in [2.75, 3.05) is 26.2 Å². The summed E-state index contributed by atoms with van der Waals surface area (Å²) in [5, 5.41) is 2.80. The predicted molar refractivity (Wildman–Crippen MR) is 63.3 cm³/mol. The summed E-state index contributed by atoms with van der Waals surface area (Å²) in [6, 6.07) is -0.0216. The first kappa shape index (κ1) is 12.2. The smallest absolute Gasteiger partial charge is 0.317 e. The number of nitrogens with one attached hydrogen (secondary N) is 1. The van der Waals surface area contributed by atoms with Crippen molar-refractivity contribution in [1.29, 1.82) is 0 Å². The van der Waals surface area contributed by atoms with Gasteiger partial charge in [-0.15, -0.1) is 0 Å². The van der Waals surface area contributed by atoms with E-state index in [0.29, 0.717) is 26.2 Å². The second kappa shape index (κ2) is 4.52. The minimum atomic E-state index is -0.161. The van der Waals surface area contributed by atoms with Crippen molar-refractivity contribution in [3.8, 4) is 0 Å². The molecule has 0 saturated carbocycles. The van der Waals surface area contributed by atoms with Gasteiger partial charge in [0.05, 0.1) is 12.0 Å². The molecule has 2 fully saturated rings. The Morgan fingerprint density at radius 3 is 2.82 bits per heavy atom. The molecule has 6 heteroatoms. The number of hydrogen-bond donors (Lipinski definition) is 2. The van der Waals surface area contributed by atoms with E-state index in [1.807, 2.05) is 18.7 Å². The Morgan fingerprint density at radius 2 is 2.18 bits per heavy atom. The highest BCUT2D eigenvalue weighted by Gasteiger charge is 2.37. The molecular formula is C11H20N4O2. The van der Waals surface area contributed by atoms with Gasteiger partial charge in [-0.2, -0.15) is 0 Å². The topological polar surface area (TPSA) is 78.7 Å². The molecule has 3 unspecified atom stereocenters. The maximum Gasteiger partial charge on any atom is 0.317 e. The van der Waals surface area contributed by atoms with Gasteiger partial charge in [-0.25, -0.2) is 4.79 Å². The van der Waals surface area contributed by atoms with Crippen LogP contribution in [-0.4, -0.2) is 60.0 Å². The van der Waals surface area contributed by atoms with Crippen LogP contribution in [0.25, 0.3) is 0 Å². The van der Waals surface area contributed by atoms with E-state index >= 15 is 0 Å². The van der Waals surface area contributed by atoms with Crippen molar-refractivity contribution < 1.29 is 9.59 Å². The Balaban J connectivity index is 1.97. The van der Waals surface area contributed by atoms with Gasteiger partial charge >= 0.3 is 6.03 Å². The zero-order valence-corrected chi connectivity index (χ0v) is 10.3. The minimum absolute atomic E-state index is 0.0117. The van der Waals surface area contributed by atoms with Gasteiger partial charge in [-0.05, 0) is 6.92 Å². The normalized spacial score (nSPS) is 27.5. The van der Waals surface area contributed by atoms with E-state index in [1.165, 1.54) is 0 Å². The van der Waals surface area contributed by atoms with Crippen LogP contribution in [0.3, 0.4) is 0 Å². The SMILES string of the molecule is CC(N)C(C)C(=O)N1CCN2C(=O)NCC2C1. The van der Waals surface area contributed by atoms with Gasteiger partial charge in [-0.3, -0.25) is 4.79 Å². The molecule has 3 N–H and O–H groups in total. The number of hydrogen-bond acceptors (Lipinski definition) is 3. The zero-order valence-electron chi connectivity index (χ0n) is 10.3. The molecule has 3 amide bonds. The molecule has 0 bridgehead atoms. The lowest BCUT2D eigenvalue weighted by molar-refractivity contribution is -0.137. The number of nitrogens with two attached hydrogens (primary N) is 1. The fourth-order valence-corrected chi connectivity index (χ4v) is 2.32. The number of rotatable bonds is 2. The Morgan fingerprint density at radius 1 is 1.47 bits per heavy atom. The van der Waals surface area contributed by atoms with Crippen LogP contribution in [0.5, 0.6) is 0 Å². The van der Waals surface area contributed by atoms with Crippen LogP contribution in [0.4, 0.5) is 4.79 Å². The van der Waals surface area contributed by atoms with Crippen LogP contribution < -0.4 is 11.1 Å². The Labute approximate surface area is 101 Å². The van der Waals surface area contributed by atoms with Gasteiger partial charge in [-0.1, -0.05) is 6.92 Å². The Bertz CT molecular complexity index is 331. The summed E-state index contributed by atoms with van der Waals surface area (Å²) in [5.74, 6) is -0.0642. The van der Waals surface area contributed by atoms with Crippen LogP contribution in [0, 0.1) is 5.92 Å². The van der Waals surface area contributed by atoms with Gasteiger partial charge in [0.15, 0.2) is 0 Å². The summed E-state index contributed by atoms with van der Waals surface area (Å²) in [5.41, 5.74) is 5.75. The average molecular weight is 240 g/mol. The summed E-state index contributed by atoms with van der Waals surface area (Å²) in [6.45, 7) is 6.19. The third kappa shape index (κ3) is 2.22. The third-order valence-electron chi connectivity index (χ3n) is 3.72. The highest BCUT2D eigenvalue weighted by molar-refractivity contribution is 5.81. The molecule has 96 valence electrons. The lowest BCUT2D eigenvalue weighted by atomic mass is 10.0. The van der Waals surface area contributed by atoms with Gasteiger partial charge in [0.1, 0.15) is 0 Å². The molecule has 2 aliphatic rings. The van der Waals surface area contributed by atoms with Crippen LogP contribution in [0.1, 0.15) is 13.8 Å². The van der Waals surface area contributed by atoms with Crippen molar-refractivity contribution in [2.45, 2.75) is 25.9 Å². The summed E-state index contributed by atoms with van der Waals surface area (Å²) in [4.78, 5) is 27.2. The molecule has 0 aliphatic carbocycles. The Kier molecular flexibility index (Phi) is 3.24. The molecule has 2 rings (SSSR count). The lowest BCUT2D eigenvalue weighted by Gasteiger charge is -2.38. The molecule has 2 heterocycles. The quantitative estimate of drug-likeness (QED) is 0.663. The maximum absolute atomic E-state index is 12.1. The van der Waals surface area contributed by atoms with E-state index < -0.39 is 0 Å². The number of fused-ring (bicyclic) bond motifs is 1. The van der Waals surface area contributed by atoms with Crippen molar-refractivity contribution in [2.24, 2.45) is 11.7 Å². The van der Waals surface area contributed by atoms with Crippen molar-refractivity contribution in [3.05, 3.63) is 0 Å². The molecule has 2 saturated heterocycles. The second-order valence-corrected chi connectivity index (χ2v) is 4.97. The number of carbonyl (C=O) groups is 2. The molecule has 0 aromatic heterocycles. The number of urea groups is 1. The molecule has 6 nitrogen and oxygen atoms in total. The molecule has 0 aromatic carbocycles. The molecule has 3 atom stereocenters. The second-order valence-electron chi connectivity index (χ2n) is 4.97. The van der Waals surface area contributed by atoms with Crippen molar-refractivity contribution in [1.82, 2.24) is 15.1 Å². The predicted octanol–water partition coefficient (Wildman–Crippen LogP) is -0.794. The van der Waals surface area contributed by atoms with Crippen molar-refractivity contribution in [3.63, 3.8) is 0 Å². The molecule has 0 spiro atoms. The molecule has 0 radical (unpaired) electrons. The number of carbonyl (C=O) groups excluding carboxylic acids is 2. The van der Waals surface area contributed by atoms with E-state index in [1.54, 1.807) is 4.90 Å². The maximum atomic E-state index is 12.1. The van der Waals surface area contributed by atoms with E-state index in [2.05, 4.69) is 5.32 Å². The number of nitrogens with zero attached hydrogens (tertiary/aromatic N) is 2. The summed E-state index contributed by atoms with van der Waals surface area (Å²) >= 11 is 0. The first-order valence-electron chi connectivity index (χ1n) is 6.09. The van der Waals surface area contributed by atoms with Gasteiger partial charge < -0.3 is 20.9 Å². The lowest BCUT2D eigenvalue weighted by Crippen LogP contribution is -2.55. The molecule has 0 aromatic rings. The monoisotopic (exact) mass is 240 g/mol. The highest BCUT2D eigenvalue weighted by atomic mass is 16.2. The van der Waals surface area contributed by atoms with Gasteiger partial charge in [0, 0.05) is 32.2 Å².